The molecule has 2 rings (SSSR count). The lowest BCUT2D eigenvalue weighted by molar-refractivity contribution is -0.124. The number of ether oxygens (including phenoxy) is 1. The monoisotopic (exact) mass is 270 g/mol. The molecular formula is C11H11ClN2O2S. The van der Waals surface area contributed by atoms with Crippen LogP contribution in [0, 0.1) is 0 Å². The lowest BCUT2D eigenvalue weighted by Crippen LogP contribution is -2.34. The Morgan fingerprint density at radius 2 is 2.35 bits per heavy atom. The van der Waals surface area contributed by atoms with E-state index in [0.29, 0.717) is 29.0 Å². The zero-order valence-corrected chi connectivity index (χ0v) is 10.6. The molecule has 4 nitrogen and oxygen atoms in total. The highest BCUT2D eigenvalue weighted by molar-refractivity contribution is 7.80. The minimum absolute atomic E-state index is 0.0234. The fraction of sp³-hybridized carbons (Fsp3) is 0.273. The standard InChI is InChI=1S/C11H11ClN2O2S/c12-8-2-1-3-9(6-8)16-5-4-14-10(15)7-13-11(14)17/h1-3,6H,4-5,7H2,(H,13,17). The first-order chi connectivity index (χ1) is 8.16. The van der Waals surface area contributed by atoms with Gasteiger partial charge in [0.25, 0.3) is 0 Å². The van der Waals surface area contributed by atoms with Crippen LogP contribution in [0.2, 0.25) is 5.02 Å². The maximum absolute atomic E-state index is 11.4. The van der Waals surface area contributed by atoms with E-state index in [-0.39, 0.29) is 12.5 Å². The number of halogens is 1. The molecule has 0 aromatic heterocycles. The van der Waals surface area contributed by atoms with Crippen LogP contribution in [0.4, 0.5) is 0 Å². The average molecular weight is 271 g/mol. The number of hydrogen-bond donors (Lipinski definition) is 1. The van der Waals surface area contributed by atoms with Gasteiger partial charge in [-0.1, -0.05) is 17.7 Å². The second-order valence-electron chi connectivity index (χ2n) is 3.51. The molecule has 0 saturated carbocycles. The number of carbonyl (C=O) groups excluding carboxylic acids is 1. The second kappa shape index (κ2) is 5.33. The number of nitrogens with one attached hydrogen (secondary N) is 1. The summed E-state index contributed by atoms with van der Waals surface area (Å²) in [6, 6.07) is 7.13. The molecule has 1 aromatic rings. The first-order valence-corrected chi connectivity index (χ1v) is 5.92. The highest BCUT2D eigenvalue weighted by atomic mass is 35.5. The van der Waals surface area contributed by atoms with Crippen LogP contribution < -0.4 is 10.1 Å². The highest BCUT2D eigenvalue weighted by Gasteiger charge is 2.24. The Hall–Kier alpha value is -1.33. The van der Waals surface area contributed by atoms with Crippen molar-refractivity contribution in [1.29, 1.82) is 0 Å². The largest absolute Gasteiger partial charge is 0.492 e. The molecule has 1 aromatic carbocycles. The Balaban J connectivity index is 1.83. The molecule has 6 heteroatoms. The van der Waals surface area contributed by atoms with Gasteiger partial charge in [0.05, 0.1) is 13.1 Å². The summed E-state index contributed by atoms with van der Waals surface area (Å²) in [5, 5.41) is 3.89. The van der Waals surface area contributed by atoms with Gasteiger partial charge >= 0.3 is 0 Å². The Morgan fingerprint density at radius 3 is 3.00 bits per heavy atom. The Kier molecular flexibility index (Phi) is 3.81. The van der Waals surface area contributed by atoms with E-state index in [1.165, 1.54) is 4.90 Å². The topological polar surface area (TPSA) is 41.6 Å². The molecule has 0 unspecified atom stereocenters. The maximum atomic E-state index is 11.4. The zero-order chi connectivity index (χ0) is 12.3. The quantitative estimate of drug-likeness (QED) is 0.841. The van der Waals surface area contributed by atoms with E-state index in [4.69, 9.17) is 28.6 Å². The van der Waals surface area contributed by atoms with E-state index in [2.05, 4.69) is 5.32 Å². The predicted octanol–water partition coefficient (Wildman–Crippen LogP) is 1.44. The predicted molar refractivity (Wildman–Crippen MR) is 69.3 cm³/mol. The van der Waals surface area contributed by atoms with Gasteiger partial charge in [0.15, 0.2) is 5.11 Å². The molecule has 1 amide bonds. The van der Waals surface area contributed by atoms with Gasteiger partial charge in [-0.25, -0.2) is 0 Å². The Morgan fingerprint density at radius 1 is 1.53 bits per heavy atom. The van der Waals surface area contributed by atoms with Crippen molar-refractivity contribution in [2.24, 2.45) is 0 Å². The SMILES string of the molecule is O=C1CNC(=S)N1CCOc1cccc(Cl)c1. The number of amides is 1. The van der Waals surface area contributed by atoms with Crippen LogP contribution in [-0.2, 0) is 4.79 Å². The Bertz CT molecular complexity index is 437. The normalized spacial score (nSPS) is 15.0. The van der Waals surface area contributed by atoms with Crippen LogP contribution >= 0.6 is 23.8 Å². The maximum Gasteiger partial charge on any atom is 0.248 e. The van der Waals surface area contributed by atoms with Gasteiger partial charge in [0.1, 0.15) is 12.4 Å². The van der Waals surface area contributed by atoms with Crippen molar-refractivity contribution >= 4 is 34.8 Å². The van der Waals surface area contributed by atoms with Gasteiger partial charge in [-0.15, -0.1) is 0 Å². The van der Waals surface area contributed by atoms with Crippen molar-refractivity contribution in [3.8, 4) is 5.75 Å². The van der Waals surface area contributed by atoms with E-state index in [9.17, 15) is 4.79 Å². The zero-order valence-electron chi connectivity index (χ0n) is 8.98. The lowest BCUT2D eigenvalue weighted by atomic mass is 10.3. The third kappa shape index (κ3) is 3.08. The van der Waals surface area contributed by atoms with Gasteiger partial charge in [0.2, 0.25) is 5.91 Å². The summed E-state index contributed by atoms with van der Waals surface area (Å²) in [7, 11) is 0. The lowest BCUT2D eigenvalue weighted by Gasteiger charge is -2.14. The molecule has 0 bridgehead atoms. The van der Waals surface area contributed by atoms with Crippen LogP contribution in [0.5, 0.6) is 5.75 Å². The molecule has 1 aliphatic rings. The molecule has 1 N–H and O–H groups in total. The van der Waals surface area contributed by atoms with Gasteiger partial charge in [-0.3, -0.25) is 9.69 Å². The molecular weight excluding hydrogens is 260 g/mol. The smallest absolute Gasteiger partial charge is 0.248 e. The fourth-order valence-corrected chi connectivity index (χ4v) is 1.94. The molecule has 0 radical (unpaired) electrons. The van der Waals surface area contributed by atoms with E-state index in [0.717, 1.165) is 0 Å². The van der Waals surface area contributed by atoms with Crippen LogP contribution in [0.3, 0.4) is 0 Å². The molecule has 90 valence electrons. The summed E-state index contributed by atoms with van der Waals surface area (Å²) in [5.41, 5.74) is 0. The van der Waals surface area contributed by atoms with Crippen LogP contribution in [0.15, 0.2) is 24.3 Å². The Labute approximate surface area is 109 Å². The molecule has 1 fully saturated rings. The first-order valence-electron chi connectivity index (χ1n) is 5.13. The van der Waals surface area contributed by atoms with Crippen molar-refractivity contribution < 1.29 is 9.53 Å². The first kappa shape index (κ1) is 12.1. The van der Waals surface area contributed by atoms with Crippen molar-refractivity contribution in [2.75, 3.05) is 19.7 Å². The molecule has 0 spiro atoms. The van der Waals surface area contributed by atoms with E-state index in [1.54, 1.807) is 12.1 Å². The van der Waals surface area contributed by atoms with Crippen LogP contribution in [0.25, 0.3) is 0 Å². The second-order valence-corrected chi connectivity index (χ2v) is 4.33. The number of nitrogens with zero attached hydrogens (tertiary/aromatic N) is 1. The molecule has 1 saturated heterocycles. The van der Waals surface area contributed by atoms with Gasteiger partial charge in [-0.05, 0) is 30.4 Å². The third-order valence-corrected chi connectivity index (χ3v) is 2.92. The van der Waals surface area contributed by atoms with E-state index in [1.807, 2.05) is 12.1 Å². The third-order valence-electron chi connectivity index (χ3n) is 2.32. The number of thiocarbonyl (C=S) groups is 1. The molecule has 1 aliphatic heterocycles. The summed E-state index contributed by atoms with van der Waals surface area (Å²) in [6.45, 7) is 1.10. The van der Waals surface area contributed by atoms with Crippen LogP contribution in [0.1, 0.15) is 0 Å². The summed E-state index contributed by atoms with van der Waals surface area (Å²) in [5.74, 6) is 0.660. The summed E-state index contributed by atoms with van der Waals surface area (Å²) in [4.78, 5) is 12.9. The fourth-order valence-electron chi connectivity index (χ4n) is 1.49. The summed E-state index contributed by atoms with van der Waals surface area (Å²) >= 11 is 10.8. The van der Waals surface area contributed by atoms with Crippen molar-refractivity contribution in [3.63, 3.8) is 0 Å². The van der Waals surface area contributed by atoms with Crippen molar-refractivity contribution in [1.82, 2.24) is 10.2 Å². The summed E-state index contributed by atoms with van der Waals surface area (Å²) in [6.07, 6.45) is 0. The molecule has 0 atom stereocenters. The van der Waals surface area contributed by atoms with Crippen molar-refractivity contribution in [3.05, 3.63) is 29.3 Å². The highest BCUT2D eigenvalue weighted by Crippen LogP contribution is 2.17. The summed E-state index contributed by atoms with van der Waals surface area (Å²) < 4.78 is 5.48. The van der Waals surface area contributed by atoms with Gasteiger partial charge in [-0.2, -0.15) is 0 Å². The number of benzene rings is 1. The van der Waals surface area contributed by atoms with Crippen LogP contribution in [-0.4, -0.2) is 35.6 Å². The molecule has 17 heavy (non-hydrogen) atoms. The van der Waals surface area contributed by atoms with Gasteiger partial charge in [0, 0.05) is 5.02 Å². The van der Waals surface area contributed by atoms with Crippen molar-refractivity contribution in [2.45, 2.75) is 0 Å². The number of rotatable bonds is 4. The van der Waals surface area contributed by atoms with E-state index < -0.39 is 0 Å². The molecule has 0 aliphatic carbocycles. The minimum Gasteiger partial charge on any atom is -0.492 e. The minimum atomic E-state index is -0.0234. The number of hydrogen-bond acceptors (Lipinski definition) is 3. The van der Waals surface area contributed by atoms with E-state index >= 15 is 0 Å². The van der Waals surface area contributed by atoms with Gasteiger partial charge < -0.3 is 10.1 Å². The molecule has 1 heterocycles. The average Bonchev–Trinajstić information content (AvgIpc) is 2.61. The number of carbonyl (C=O) groups is 1.